The maximum atomic E-state index is 12.6. The van der Waals surface area contributed by atoms with E-state index in [0.29, 0.717) is 12.8 Å². The molecule has 7 nitrogen and oxygen atoms in total. The number of phosphoric ester groups is 1. The van der Waals surface area contributed by atoms with E-state index in [2.05, 4.69) is 23.7 Å². The molecule has 0 unspecified atom stereocenters. The van der Waals surface area contributed by atoms with Crippen molar-refractivity contribution in [3.8, 4) is 0 Å². The van der Waals surface area contributed by atoms with Crippen LogP contribution in [-0.4, -0.2) is 39.6 Å². The fraction of sp³-hybridized carbons (Fsp3) is 0.976. The summed E-state index contributed by atoms with van der Waals surface area (Å²) in [7, 11) is -4.68. The molecule has 0 saturated carbocycles. The lowest BCUT2D eigenvalue weighted by Crippen LogP contribution is -2.46. The van der Waals surface area contributed by atoms with Crippen molar-refractivity contribution in [3.05, 3.63) is 0 Å². The van der Waals surface area contributed by atoms with E-state index < -0.39 is 26.6 Å². The molecule has 0 aromatic carbocycles. The largest absolute Gasteiger partial charge is 0.469 e. The van der Waals surface area contributed by atoms with Gasteiger partial charge in [0, 0.05) is 6.42 Å². The highest BCUT2D eigenvalue weighted by Crippen LogP contribution is 2.36. The van der Waals surface area contributed by atoms with Crippen LogP contribution in [0.2, 0.25) is 0 Å². The van der Waals surface area contributed by atoms with Gasteiger partial charge in [0.1, 0.15) is 0 Å². The van der Waals surface area contributed by atoms with E-state index >= 15 is 0 Å². The molecule has 0 aromatic rings. The molecular weight excluding hydrogens is 633 g/mol. The molecular formula is C41H84NO6P. The topological polar surface area (TPSA) is 116 Å². The SMILES string of the molecule is CCCCCCCCCCCCCCCCCCCCCCCCCC(=O)N[C@@H](COP(=O)(O)O)[C@H](O)CCCCCCCCCCCC. The van der Waals surface area contributed by atoms with Gasteiger partial charge < -0.3 is 20.2 Å². The fourth-order valence-corrected chi connectivity index (χ4v) is 7.17. The Hall–Kier alpha value is -0.460. The van der Waals surface area contributed by atoms with E-state index in [1.165, 1.54) is 173 Å². The molecule has 0 saturated heterocycles. The van der Waals surface area contributed by atoms with Crippen LogP contribution in [0, 0.1) is 0 Å². The summed E-state index contributed by atoms with van der Waals surface area (Å²) in [4.78, 5) is 30.8. The minimum Gasteiger partial charge on any atom is -0.391 e. The molecule has 0 heterocycles. The van der Waals surface area contributed by atoms with Gasteiger partial charge in [-0.05, 0) is 12.8 Å². The van der Waals surface area contributed by atoms with Crippen LogP contribution in [-0.2, 0) is 13.9 Å². The van der Waals surface area contributed by atoms with Crippen molar-refractivity contribution in [2.24, 2.45) is 0 Å². The number of rotatable bonds is 40. The van der Waals surface area contributed by atoms with Crippen molar-refractivity contribution in [1.29, 1.82) is 0 Å². The average Bonchev–Trinajstić information content (AvgIpc) is 3.07. The van der Waals surface area contributed by atoms with Gasteiger partial charge in [-0.2, -0.15) is 0 Å². The number of unbranched alkanes of at least 4 members (excludes halogenated alkanes) is 31. The van der Waals surface area contributed by atoms with Gasteiger partial charge >= 0.3 is 7.82 Å². The normalized spacial score (nSPS) is 13.2. The van der Waals surface area contributed by atoms with E-state index in [1.54, 1.807) is 0 Å². The quantitative estimate of drug-likeness (QED) is 0.0370. The predicted molar refractivity (Wildman–Crippen MR) is 209 cm³/mol. The van der Waals surface area contributed by atoms with Crippen molar-refractivity contribution in [1.82, 2.24) is 5.32 Å². The second-order valence-electron chi connectivity index (χ2n) is 15.0. The number of phosphoric acid groups is 1. The lowest BCUT2D eigenvalue weighted by molar-refractivity contribution is -0.123. The fourth-order valence-electron chi connectivity index (χ4n) is 6.82. The summed E-state index contributed by atoms with van der Waals surface area (Å²) in [6, 6.07) is -0.816. The number of aliphatic hydroxyl groups excluding tert-OH is 1. The van der Waals surface area contributed by atoms with Crippen LogP contribution in [0.5, 0.6) is 0 Å². The number of carbonyl (C=O) groups is 1. The van der Waals surface area contributed by atoms with E-state index in [4.69, 9.17) is 9.79 Å². The van der Waals surface area contributed by atoms with Crippen LogP contribution in [0.1, 0.15) is 239 Å². The van der Waals surface area contributed by atoms with E-state index in [9.17, 15) is 14.5 Å². The second kappa shape index (κ2) is 37.3. The number of aliphatic hydroxyl groups is 1. The van der Waals surface area contributed by atoms with Gasteiger partial charge in [-0.15, -0.1) is 0 Å². The molecule has 0 fully saturated rings. The van der Waals surface area contributed by atoms with Gasteiger partial charge in [-0.3, -0.25) is 9.32 Å². The summed E-state index contributed by atoms with van der Waals surface area (Å²) >= 11 is 0. The lowest BCUT2D eigenvalue weighted by atomic mass is 10.0. The summed E-state index contributed by atoms with van der Waals surface area (Å²) in [5, 5.41) is 13.5. The van der Waals surface area contributed by atoms with E-state index in [-0.39, 0.29) is 5.91 Å². The van der Waals surface area contributed by atoms with Gasteiger partial charge in [0.05, 0.1) is 18.8 Å². The van der Waals surface area contributed by atoms with Crippen LogP contribution >= 0.6 is 7.82 Å². The molecule has 2 atom stereocenters. The van der Waals surface area contributed by atoms with Crippen LogP contribution in [0.3, 0.4) is 0 Å². The Kier molecular flexibility index (Phi) is 37.0. The summed E-state index contributed by atoms with van der Waals surface area (Å²) < 4.78 is 15.9. The zero-order valence-corrected chi connectivity index (χ0v) is 33.5. The molecule has 0 radical (unpaired) electrons. The molecule has 1 amide bonds. The van der Waals surface area contributed by atoms with Gasteiger partial charge in [0.25, 0.3) is 0 Å². The van der Waals surface area contributed by atoms with E-state index in [1.807, 2.05) is 0 Å². The predicted octanol–water partition coefficient (Wildman–Crippen LogP) is 12.6. The molecule has 49 heavy (non-hydrogen) atoms. The van der Waals surface area contributed by atoms with Crippen molar-refractivity contribution in [3.63, 3.8) is 0 Å². The minimum atomic E-state index is -4.68. The first-order valence-electron chi connectivity index (χ1n) is 21.5. The maximum Gasteiger partial charge on any atom is 0.469 e. The van der Waals surface area contributed by atoms with E-state index in [0.717, 1.165) is 38.5 Å². The van der Waals surface area contributed by atoms with Crippen molar-refractivity contribution in [2.45, 2.75) is 251 Å². The Morgan fingerprint density at radius 3 is 1.10 bits per heavy atom. The van der Waals surface area contributed by atoms with Crippen LogP contribution in [0.25, 0.3) is 0 Å². The summed E-state index contributed by atoms with van der Waals surface area (Å²) in [5.74, 6) is -0.190. The summed E-state index contributed by atoms with van der Waals surface area (Å²) in [6.45, 7) is 4.12. The zero-order chi connectivity index (χ0) is 36.1. The molecule has 0 aliphatic heterocycles. The first-order valence-corrected chi connectivity index (χ1v) is 23.0. The van der Waals surface area contributed by atoms with Crippen LogP contribution in [0.15, 0.2) is 0 Å². The number of amides is 1. The Morgan fingerprint density at radius 1 is 0.510 bits per heavy atom. The number of hydrogen-bond acceptors (Lipinski definition) is 4. The Labute approximate surface area is 304 Å². The summed E-state index contributed by atoms with van der Waals surface area (Å²) in [6.07, 6.45) is 42.5. The Morgan fingerprint density at radius 2 is 0.796 bits per heavy atom. The molecule has 294 valence electrons. The van der Waals surface area contributed by atoms with Crippen LogP contribution < -0.4 is 5.32 Å². The zero-order valence-electron chi connectivity index (χ0n) is 32.6. The summed E-state index contributed by atoms with van der Waals surface area (Å²) in [5.41, 5.74) is 0. The van der Waals surface area contributed by atoms with Gasteiger partial charge in [0.15, 0.2) is 0 Å². The molecule has 0 bridgehead atoms. The third-order valence-corrected chi connectivity index (χ3v) is 10.6. The minimum absolute atomic E-state index is 0.190. The highest BCUT2D eigenvalue weighted by molar-refractivity contribution is 7.46. The molecule has 0 aliphatic rings. The maximum absolute atomic E-state index is 12.6. The molecule has 4 N–H and O–H groups in total. The van der Waals surface area contributed by atoms with Gasteiger partial charge in [0.2, 0.25) is 5.91 Å². The highest BCUT2D eigenvalue weighted by atomic mass is 31.2. The third-order valence-electron chi connectivity index (χ3n) is 10.1. The molecule has 0 aliphatic carbocycles. The molecule has 0 rings (SSSR count). The van der Waals surface area contributed by atoms with Crippen molar-refractivity contribution >= 4 is 13.7 Å². The average molecular weight is 718 g/mol. The monoisotopic (exact) mass is 718 g/mol. The molecule has 0 spiro atoms. The molecule has 8 heteroatoms. The number of nitrogens with one attached hydrogen (secondary N) is 1. The molecule has 0 aromatic heterocycles. The Balaban J connectivity index is 3.75. The van der Waals surface area contributed by atoms with Crippen LogP contribution in [0.4, 0.5) is 0 Å². The number of carbonyl (C=O) groups excluding carboxylic acids is 1. The van der Waals surface area contributed by atoms with Crippen molar-refractivity contribution < 1.29 is 28.8 Å². The lowest BCUT2D eigenvalue weighted by Gasteiger charge is -2.24. The smallest absolute Gasteiger partial charge is 0.391 e. The second-order valence-corrected chi connectivity index (χ2v) is 16.3. The highest BCUT2D eigenvalue weighted by Gasteiger charge is 2.25. The first-order chi connectivity index (χ1) is 23.8. The van der Waals surface area contributed by atoms with Crippen molar-refractivity contribution in [2.75, 3.05) is 6.61 Å². The van der Waals surface area contributed by atoms with Gasteiger partial charge in [-0.1, -0.05) is 219 Å². The number of hydrogen-bond donors (Lipinski definition) is 4. The van der Waals surface area contributed by atoms with Gasteiger partial charge in [-0.25, -0.2) is 4.57 Å². The Bertz CT molecular complexity index is 733. The first kappa shape index (κ1) is 48.5. The standard InChI is InChI=1S/C41H84NO6P/c1-3-5-7-9-11-13-15-16-17-18-19-20-21-22-23-24-25-26-27-29-31-33-35-37-41(44)42-39(38-48-49(45,46)47)40(43)36-34-32-30-28-14-12-10-8-6-4-2/h39-40,43H,3-38H2,1-2H3,(H,42,44)(H2,45,46,47)/t39-,40+/m0/s1. The third kappa shape index (κ3) is 38.6.